The predicted molar refractivity (Wildman–Crippen MR) is 102 cm³/mol. The molecule has 142 valence electrons. The zero-order chi connectivity index (χ0) is 19.2. The van der Waals surface area contributed by atoms with Gasteiger partial charge in [-0.2, -0.15) is 0 Å². The standard InChI is InChI=1S/C19H25NO5S/c1-19(2,3)26-15-8-13(23)17-12(22)7-11(21)16(18(17)25-15)10-5-6-20(4)9-14(10)24/h7-8,10,14,21-22,24H,5-6,9H2,1-4H3/t10-,14+/m0/s1. The van der Waals surface area contributed by atoms with Crippen molar-refractivity contribution in [3.05, 3.63) is 27.9 Å². The molecule has 1 aromatic carbocycles. The molecule has 1 aliphatic rings. The van der Waals surface area contributed by atoms with Crippen molar-refractivity contribution in [2.45, 2.75) is 49.1 Å². The molecule has 1 aromatic heterocycles. The highest BCUT2D eigenvalue weighted by Gasteiger charge is 2.33. The number of fused-ring (bicyclic) bond motifs is 1. The van der Waals surface area contributed by atoms with Gasteiger partial charge in [-0.15, -0.1) is 0 Å². The van der Waals surface area contributed by atoms with Crippen LogP contribution in [0.1, 0.15) is 38.7 Å². The summed E-state index contributed by atoms with van der Waals surface area (Å²) in [5.74, 6) is -0.846. The number of rotatable bonds is 2. The molecule has 7 heteroatoms. The number of likely N-dealkylation sites (tertiary alicyclic amines) is 1. The van der Waals surface area contributed by atoms with E-state index in [-0.39, 0.29) is 38.6 Å². The molecule has 26 heavy (non-hydrogen) atoms. The Kier molecular flexibility index (Phi) is 4.98. The minimum atomic E-state index is -0.698. The monoisotopic (exact) mass is 379 g/mol. The first-order chi connectivity index (χ1) is 12.1. The number of thioether (sulfide) groups is 1. The van der Waals surface area contributed by atoms with Crippen LogP contribution in [0.3, 0.4) is 0 Å². The maximum absolute atomic E-state index is 12.6. The molecule has 1 saturated heterocycles. The molecule has 0 saturated carbocycles. The average Bonchev–Trinajstić information content (AvgIpc) is 2.46. The van der Waals surface area contributed by atoms with Gasteiger partial charge in [-0.3, -0.25) is 4.79 Å². The van der Waals surface area contributed by atoms with Crippen LogP contribution in [-0.4, -0.2) is 51.2 Å². The summed E-state index contributed by atoms with van der Waals surface area (Å²) in [6.07, 6.45) is -0.0811. The van der Waals surface area contributed by atoms with Gasteiger partial charge in [0.1, 0.15) is 22.5 Å². The quantitative estimate of drug-likeness (QED) is 0.691. The van der Waals surface area contributed by atoms with Crippen molar-refractivity contribution < 1.29 is 19.7 Å². The van der Waals surface area contributed by atoms with Crippen LogP contribution in [0.2, 0.25) is 0 Å². The number of β-amino-alcohol motifs (C(OH)–C–C–N with tert-alkyl or cyclic N) is 1. The third kappa shape index (κ3) is 3.70. The van der Waals surface area contributed by atoms with E-state index >= 15 is 0 Å². The van der Waals surface area contributed by atoms with Crippen molar-refractivity contribution in [1.29, 1.82) is 0 Å². The van der Waals surface area contributed by atoms with E-state index in [1.165, 1.54) is 17.8 Å². The summed E-state index contributed by atoms with van der Waals surface area (Å²) in [4.78, 5) is 14.6. The molecule has 2 aromatic rings. The van der Waals surface area contributed by atoms with Crippen molar-refractivity contribution in [3.63, 3.8) is 0 Å². The van der Waals surface area contributed by atoms with Gasteiger partial charge in [0.15, 0.2) is 10.5 Å². The van der Waals surface area contributed by atoms with Crippen LogP contribution in [-0.2, 0) is 0 Å². The summed E-state index contributed by atoms with van der Waals surface area (Å²) in [5, 5.41) is 31.7. The predicted octanol–water partition coefficient (Wildman–Crippen LogP) is 2.87. The lowest BCUT2D eigenvalue weighted by molar-refractivity contribution is 0.0630. The number of benzene rings is 1. The Labute approximate surface area is 156 Å². The lowest BCUT2D eigenvalue weighted by Crippen LogP contribution is -2.40. The molecule has 3 N–H and O–H groups in total. The average molecular weight is 379 g/mol. The summed E-state index contributed by atoms with van der Waals surface area (Å²) < 4.78 is 5.79. The van der Waals surface area contributed by atoms with E-state index < -0.39 is 6.10 Å². The van der Waals surface area contributed by atoms with Gasteiger partial charge in [-0.25, -0.2) is 0 Å². The minimum absolute atomic E-state index is 0.0437. The number of phenolic OH excluding ortho intramolecular Hbond substituents is 2. The van der Waals surface area contributed by atoms with Crippen LogP contribution >= 0.6 is 11.8 Å². The molecule has 1 aliphatic heterocycles. The fraction of sp³-hybridized carbons (Fsp3) is 0.526. The summed E-state index contributed by atoms with van der Waals surface area (Å²) >= 11 is 1.40. The van der Waals surface area contributed by atoms with Crippen LogP contribution in [0.25, 0.3) is 11.0 Å². The number of phenols is 2. The molecule has 0 unspecified atom stereocenters. The molecule has 0 amide bonds. The van der Waals surface area contributed by atoms with E-state index in [1.807, 2.05) is 32.7 Å². The summed E-state index contributed by atoms with van der Waals surface area (Å²) in [5.41, 5.74) is 0.196. The molecule has 2 heterocycles. The zero-order valence-corrected chi connectivity index (χ0v) is 16.3. The van der Waals surface area contributed by atoms with E-state index in [0.717, 1.165) is 12.6 Å². The lowest BCUT2D eigenvalue weighted by atomic mass is 9.85. The second-order valence-electron chi connectivity index (χ2n) is 7.90. The van der Waals surface area contributed by atoms with E-state index in [9.17, 15) is 20.1 Å². The molecular formula is C19H25NO5S. The topological polar surface area (TPSA) is 94.1 Å². The van der Waals surface area contributed by atoms with Gasteiger partial charge < -0.3 is 24.6 Å². The largest absolute Gasteiger partial charge is 0.507 e. The van der Waals surface area contributed by atoms with Crippen molar-refractivity contribution in [2.24, 2.45) is 0 Å². The van der Waals surface area contributed by atoms with Gasteiger partial charge in [0.05, 0.1) is 6.10 Å². The fourth-order valence-electron chi connectivity index (χ4n) is 3.44. The van der Waals surface area contributed by atoms with E-state index in [1.54, 1.807) is 0 Å². The number of likely N-dealkylation sites (N-methyl/N-ethyl adjacent to an activating group) is 1. The molecular weight excluding hydrogens is 354 g/mol. The summed E-state index contributed by atoms with van der Waals surface area (Å²) in [6.45, 7) is 7.23. The van der Waals surface area contributed by atoms with Crippen molar-refractivity contribution in [2.75, 3.05) is 20.1 Å². The maximum Gasteiger partial charge on any atom is 0.197 e. The molecule has 0 spiro atoms. The number of hydrogen-bond acceptors (Lipinski definition) is 7. The summed E-state index contributed by atoms with van der Waals surface area (Å²) in [6, 6.07) is 2.53. The van der Waals surface area contributed by atoms with Crippen LogP contribution in [0.15, 0.2) is 26.4 Å². The molecule has 0 bridgehead atoms. The Bertz CT molecular complexity index is 886. The molecule has 0 radical (unpaired) electrons. The van der Waals surface area contributed by atoms with E-state index in [2.05, 4.69) is 0 Å². The first-order valence-electron chi connectivity index (χ1n) is 8.65. The van der Waals surface area contributed by atoms with Crippen LogP contribution in [0, 0.1) is 0 Å². The van der Waals surface area contributed by atoms with Gasteiger partial charge in [0.2, 0.25) is 0 Å². The highest BCUT2D eigenvalue weighted by molar-refractivity contribution is 8.00. The number of aromatic hydroxyl groups is 2. The van der Waals surface area contributed by atoms with Crippen molar-refractivity contribution >= 4 is 22.7 Å². The first-order valence-corrected chi connectivity index (χ1v) is 9.47. The Hall–Kier alpha value is -1.70. The Morgan fingerprint density at radius 3 is 2.54 bits per heavy atom. The SMILES string of the molecule is CN1CC[C@H](c2c(O)cc(O)c3c(=O)cc(SC(C)(C)C)oc23)[C@H](O)C1. The van der Waals surface area contributed by atoms with Crippen LogP contribution in [0.5, 0.6) is 11.5 Å². The molecule has 3 rings (SSSR count). The highest BCUT2D eigenvalue weighted by Crippen LogP contribution is 2.43. The number of nitrogens with zero attached hydrogens (tertiary/aromatic N) is 1. The smallest absolute Gasteiger partial charge is 0.197 e. The third-order valence-corrected chi connectivity index (χ3v) is 5.55. The zero-order valence-electron chi connectivity index (χ0n) is 15.4. The summed E-state index contributed by atoms with van der Waals surface area (Å²) in [7, 11) is 1.92. The maximum atomic E-state index is 12.6. The Balaban J connectivity index is 2.23. The second-order valence-corrected chi connectivity index (χ2v) is 9.73. The second kappa shape index (κ2) is 6.79. The number of piperidine rings is 1. The van der Waals surface area contributed by atoms with Gasteiger partial charge in [0.25, 0.3) is 0 Å². The number of hydrogen-bond donors (Lipinski definition) is 3. The molecule has 1 fully saturated rings. The van der Waals surface area contributed by atoms with Gasteiger partial charge in [0, 0.05) is 34.9 Å². The molecule has 0 aliphatic carbocycles. The van der Waals surface area contributed by atoms with Crippen molar-refractivity contribution in [1.82, 2.24) is 4.90 Å². The first kappa shape index (κ1) is 19.1. The van der Waals surface area contributed by atoms with Gasteiger partial charge in [-0.1, -0.05) is 32.5 Å². The Morgan fingerprint density at radius 1 is 1.23 bits per heavy atom. The minimum Gasteiger partial charge on any atom is -0.507 e. The van der Waals surface area contributed by atoms with Crippen LogP contribution < -0.4 is 5.43 Å². The Morgan fingerprint density at radius 2 is 1.92 bits per heavy atom. The molecule has 2 atom stereocenters. The van der Waals surface area contributed by atoms with Crippen LogP contribution in [0.4, 0.5) is 0 Å². The normalized spacial score (nSPS) is 22.0. The fourth-order valence-corrected chi connectivity index (χ4v) is 4.33. The van der Waals surface area contributed by atoms with Gasteiger partial charge in [-0.05, 0) is 20.0 Å². The molecule has 6 nitrogen and oxygen atoms in total. The lowest BCUT2D eigenvalue weighted by Gasteiger charge is -2.34. The van der Waals surface area contributed by atoms with E-state index in [4.69, 9.17) is 4.42 Å². The van der Waals surface area contributed by atoms with Gasteiger partial charge >= 0.3 is 0 Å². The van der Waals surface area contributed by atoms with E-state index in [0.29, 0.717) is 23.6 Å². The highest BCUT2D eigenvalue weighted by atomic mass is 32.2. The van der Waals surface area contributed by atoms with Crippen molar-refractivity contribution in [3.8, 4) is 11.5 Å². The third-order valence-electron chi connectivity index (χ3n) is 4.54. The number of aliphatic hydroxyl groups is 1. The number of aliphatic hydroxyl groups excluding tert-OH is 1.